The third kappa shape index (κ3) is 2.54. The van der Waals surface area contributed by atoms with E-state index in [1.807, 2.05) is 31.2 Å². The molecule has 1 aliphatic rings. The number of aromatic carboxylic acids is 1. The highest BCUT2D eigenvalue weighted by Gasteiger charge is 2.32. The second kappa shape index (κ2) is 5.25. The number of nitrogens with zero attached hydrogens (tertiary/aromatic N) is 1. The van der Waals surface area contributed by atoms with E-state index in [2.05, 4.69) is 4.98 Å². The monoisotopic (exact) mass is 289 g/mol. The van der Waals surface area contributed by atoms with E-state index in [-0.39, 0.29) is 0 Å². The Balaban J connectivity index is 1.99. The van der Waals surface area contributed by atoms with Gasteiger partial charge in [0, 0.05) is 11.5 Å². The Morgan fingerprint density at radius 1 is 1.50 bits per heavy atom. The number of benzene rings is 1. The molecule has 1 N–H and O–H groups in total. The molecular formula is C15H15NO3S. The molecule has 1 fully saturated rings. The molecule has 1 aromatic carbocycles. The van der Waals surface area contributed by atoms with Crippen molar-refractivity contribution in [2.24, 2.45) is 0 Å². The van der Waals surface area contributed by atoms with E-state index in [1.54, 1.807) is 0 Å². The van der Waals surface area contributed by atoms with Gasteiger partial charge in [-0.1, -0.05) is 12.1 Å². The lowest BCUT2D eigenvalue weighted by Gasteiger charge is -2.03. The van der Waals surface area contributed by atoms with E-state index in [9.17, 15) is 9.90 Å². The summed E-state index contributed by atoms with van der Waals surface area (Å²) in [6.07, 6.45) is 2.09. The van der Waals surface area contributed by atoms with Gasteiger partial charge in [-0.3, -0.25) is 0 Å². The molecule has 1 aromatic heterocycles. The fraction of sp³-hybridized carbons (Fsp3) is 0.333. The molecule has 0 saturated heterocycles. The third-order valence-corrected chi connectivity index (χ3v) is 4.31. The molecule has 0 amide bonds. The lowest BCUT2D eigenvalue weighted by molar-refractivity contribution is 0.0700. The molecule has 0 aliphatic heterocycles. The molecule has 4 nitrogen and oxygen atoms in total. The number of ether oxygens (including phenoxy) is 1. The number of carboxylic acids is 1. The van der Waals surface area contributed by atoms with Crippen LogP contribution in [0.15, 0.2) is 24.3 Å². The van der Waals surface area contributed by atoms with Crippen molar-refractivity contribution >= 4 is 17.3 Å². The summed E-state index contributed by atoms with van der Waals surface area (Å²) in [5.41, 5.74) is 1.66. The van der Waals surface area contributed by atoms with Gasteiger partial charge in [-0.15, -0.1) is 11.3 Å². The highest BCUT2D eigenvalue weighted by Crippen LogP contribution is 2.44. The van der Waals surface area contributed by atoms with E-state index < -0.39 is 5.97 Å². The van der Waals surface area contributed by atoms with Gasteiger partial charge in [0.15, 0.2) is 0 Å². The first kappa shape index (κ1) is 13.1. The first-order valence-electron chi connectivity index (χ1n) is 6.66. The number of carbonyl (C=O) groups is 1. The normalized spacial score (nSPS) is 14.2. The van der Waals surface area contributed by atoms with Crippen LogP contribution in [0.1, 0.15) is 41.0 Å². The number of thiazole rings is 1. The second-order valence-corrected chi connectivity index (χ2v) is 5.77. The van der Waals surface area contributed by atoms with Crippen molar-refractivity contribution in [1.29, 1.82) is 0 Å². The van der Waals surface area contributed by atoms with Crippen LogP contribution in [0.3, 0.4) is 0 Å². The average molecular weight is 289 g/mol. The molecule has 0 spiro atoms. The minimum atomic E-state index is -0.878. The van der Waals surface area contributed by atoms with E-state index in [1.165, 1.54) is 11.3 Å². The predicted octanol–water partition coefficient (Wildman–Crippen LogP) is 3.78. The zero-order valence-corrected chi connectivity index (χ0v) is 11.9. The van der Waals surface area contributed by atoms with Crippen LogP contribution in [0.4, 0.5) is 0 Å². The van der Waals surface area contributed by atoms with Crippen molar-refractivity contribution < 1.29 is 14.6 Å². The Labute approximate surface area is 121 Å². The van der Waals surface area contributed by atoms with Crippen molar-refractivity contribution in [3.63, 3.8) is 0 Å². The summed E-state index contributed by atoms with van der Waals surface area (Å²) in [5.74, 6) is 0.239. The fourth-order valence-corrected chi connectivity index (χ4v) is 3.11. The van der Waals surface area contributed by atoms with E-state index in [0.29, 0.717) is 17.4 Å². The molecular weight excluding hydrogens is 274 g/mol. The maximum Gasteiger partial charge on any atom is 0.347 e. The highest BCUT2D eigenvalue weighted by molar-refractivity contribution is 7.17. The van der Waals surface area contributed by atoms with Gasteiger partial charge in [0.2, 0.25) is 0 Å². The van der Waals surface area contributed by atoms with E-state index >= 15 is 0 Å². The highest BCUT2D eigenvalue weighted by atomic mass is 32.1. The minimum Gasteiger partial charge on any atom is -0.494 e. The van der Waals surface area contributed by atoms with Crippen molar-refractivity contribution in [3.05, 3.63) is 34.8 Å². The van der Waals surface area contributed by atoms with Gasteiger partial charge in [-0.2, -0.15) is 0 Å². The smallest absolute Gasteiger partial charge is 0.347 e. The van der Waals surface area contributed by atoms with Crippen molar-refractivity contribution in [2.75, 3.05) is 6.61 Å². The molecule has 20 heavy (non-hydrogen) atoms. The molecule has 0 atom stereocenters. The summed E-state index contributed by atoms with van der Waals surface area (Å²) in [5, 5.41) is 10.0. The van der Waals surface area contributed by atoms with Gasteiger partial charge < -0.3 is 9.84 Å². The van der Waals surface area contributed by atoms with Crippen LogP contribution < -0.4 is 4.74 Å². The van der Waals surface area contributed by atoms with Crippen LogP contribution >= 0.6 is 11.3 Å². The fourth-order valence-electron chi connectivity index (χ4n) is 2.13. The molecule has 1 saturated carbocycles. The topological polar surface area (TPSA) is 59.4 Å². The lowest BCUT2D eigenvalue weighted by Crippen LogP contribution is -1.97. The summed E-state index contributed by atoms with van der Waals surface area (Å²) in [6, 6.07) is 7.63. The third-order valence-electron chi connectivity index (χ3n) is 3.20. The Hall–Kier alpha value is -1.88. The molecule has 3 rings (SSSR count). The molecule has 5 heteroatoms. The summed E-state index contributed by atoms with van der Waals surface area (Å²) in [4.78, 5) is 16.2. The SMILES string of the molecule is CCOc1cccc(-c2nc(C3CC3)c(C(=O)O)s2)c1. The van der Waals surface area contributed by atoms with Crippen molar-refractivity contribution in [3.8, 4) is 16.3 Å². The van der Waals surface area contributed by atoms with Crippen LogP contribution in [0.25, 0.3) is 10.6 Å². The summed E-state index contributed by atoms with van der Waals surface area (Å²) in [7, 11) is 0. The standard InChI is InChI=1S/C15H15NO3S/c1-2-19-11-5-3-4-10(8-11)14-16-12(9-6-7-9)13(20-14)15(17)18/h3-5,8-9H,2,6-7H2,1H3,(H,17,18). The quantitative estimate of drug-likeness (QED) is 0.910. The van der Waals surface area contributed by atoms with Gasteiger partial charge in [0.05, 0.1) is 12.3 Å². The number of rotatable bonds is 5. The van der Waals surface area contributed by atoms with Crippen molar-refractivity contribution in [1.82, 2.24) is 4.98 Å². The van der Waals surface area contributed by atoms with E-state index in [0.717, 1.165) is 34.9 Å². The van der Waals surface area contributed by atoms with Crippen molar-refractivity contribution in [2.45, 2.75) is 25.7 Å². The zero-order chi connectivity index (χ0) is 14.1. The molecule has 0 radical (unpaired) electrons. The molecule has 1 heterocycles. The van der Waals surface area contributed by atoms with Gasteiger partial charge in [-0.05, 0) is 31.9 Å². The molecule has 104 valence electrons. The molecule has 1 aliphatic carbocycles. The van der Waals surface area contributed by atoms with Crippen LogP contribution in [0.5, 0.6) is 5.75 Å². The predicted molar refractivity (Wildman–Crippen MR) is 77.7 cm³/mol. The first-order valence-corrected chi connectivity index (χ1v) is 7.48. The Bertz CT molecular complexity index is 646. The maximum atomic E-state index is 11.3. The van der Waals surface area contributed by atoms with E-state index in [4.69, 9.17) is 4.74 Å². The summed E-state index contributed by atoms with van der Waals surface area (Å²) in [6.45, 7) is 2.54. The zero-order valence-electron chi connectivity index (χ0n) is 11.1. The van der Waals surface area contributed by atoms with Gasteiger partial charge in [-0.25, -0.2) is 9.78 Å². The Kier molecular flexibility index (Phi) is 3.44. The van der Waals surface area contributed by atoms with Crippen LogP contribution in [-0.4, -0.2) is 22.7 Å². The summed E-state index contributed by atoms with van der Waals surface area (Å²) < 4.78 is 5.47. The number of hydrogen-bond donors (Lipinski definition) is 1. The Morgan fingerprint density at radius 3 is 2.95 bits per heavy atom. The maximum absolute atomic E-state index is 11.3. The van der Waals surface area contributed by atoms with Crippen LogP contribution in [0.2, 0.25) is 0 Å². The molecule has 0 bridgehead atoms. The second-order valence-electron chi connectivity index (χ2n) is 4.77. The number of hydrogen-bond acceptors (Lipinski definition) is 4. The largest absolute Gasteiger partial charge is 0.494 e. The van der Waals surface area contributed by atoms with Gasteiger partial charge in [0.1, 0.15) is 15.6 Å². The lowest BCUT2D eigenvalue weighted by atomic mass is 10.2. The minimum absolute atomic E-state index is 0.334. The summed E-state index contributed by atoms with van der Waals surface area (Å²) >= 11 is 1.25. The number of aromatic nitrogens is 1. The number of carboxylic acid groups (broad SMARTS) is 1. The van der Waals surface area contributed by atoms with Crippen LogP contribution in [0, 0.1) is 0 Å². The Morgan fingerprint density at radius 2 is 2.30 bits per heavy atom. The molecule has 0 unspecified atom stereocenters. The van der Waals surface area contributed by atoms with Gasteiger partial charge >= 0.3 is 5.97 Å². The van der Waals surface area contributed by atoms with Crippen LogP contribution in [-0.2, 0) is 0 Å². The first-order chi connectivity index (χ1) is 9.69. The molecule has 2 aromatic rings. The van der Waals surface area contributed by atoms with Gasteiger partial charge in [0.25, 0.3) is 0 Å². The average Bonchev–Trinajstić information content (AvgIpc) is 3.18.